The van der Waals surface area contributed by atoms with E-state index in [0.717, 1.165) is 11.3 Å². The lowest BCUT2D eigenvalue weighted by Crippen LogP contribution is -2.15. The minimum Gasteiger partial charge on any atom is -0.367 e. The lowest BCUT2D eigenvalue weighted by Gasteiger charge is -2.19. The first kappa shape index (κ1) is 18.5. The van der Waals surface area contributed by atoms with Gasteiger partial charge in [0.05, 0.1) is 19.1 Å². The Bertz CT molecular complexity index is 955. The van der Waals surface area contributed by atoms with Gasteiger partial charge in [-0.05, 0) is 18.6 Å². The van der Waals surface area contributed by atoms with Crippen LogP contribution in [0.25, 0.3) is 11.2 Å². The number of fused-ring (bicyclic) bond motifs is 1. The second-order valence-corrected chi connectivity index (χ2v) is 7.45. The largest absolute Gasteiger partial charge is 0.367 e. The highest BCUT2D eigenvalue weighted by Gasteiger charge is 2.14. The van der Waals surface area contributed by atoms with Crippen LogP contribution in [0.3, 0.4) is 0 Å². The molecule has 138 valence electrons. The van der Waals surface area contributed by atoms with Crippen molar-refractivity contribution in [3.63, 3.8) is 0 Å². The lowest BCUT2D eigenvalue weighted by atomic mass is 10.2. The molecule has 0 fully saturated rings. The van der Waals surface area contributed by atoms with E-state index in [4.69, 9.17) is 14.5 Å². The van der Waals surface area contributed by atoms with E-state index in [0.29, 0.717) is 23.7 Å². The van der Waals surface area contributed by atoms with Gasteiger partial charge in [0.1, 0.15) is 11.9 Å². The maximum atomic E-state index is 10.8. The second-order valence-electron chi connectivity index (χ2n) is 5.86. The van der Waals surface area contributed by atoms with Crippen molar-refractivity contribution in [1.82, 2.24) is 19.5 Å². The topological polar surface area (TPSA) is 114 Å². The number of ether oxygens (including phenoxy) is 1. The summed E-state index contributed by atoms with van der Waals surface area (Å²) in [5.74, 6) is 0.532. The van der Waals surface area contributed by atoms with Crippen LogP contribution in [0.1, 0.15) is 5.56 Å². The first-order chi connectivity index (χ1) is 12.3. The zero-order valence-electron chi connectivity index (χ0n) is 14.5. The first-order valence-corrected chi connectivity index (χ1v) is 9.74. The predicted octanol–water partition coefficient (Wildman–Crippen LogP) is 2.05. The maximum absolute atomic E-state index is 10.8. The summed E-state index contributed by atoms with van der Waals surface area (Å²) in [6.07, 6.45) is 2.66. The molecule has 2 heterocycles. The van der Waals surface area contributed by atoms with Gasteiger partial charge in [-0.25, -0.2) is 9.97 Å². The Hall–Kier alpha value is -2.32. The quantitative estimate of drug-likeness (QED) is 0.475. The summed E-state index contributed by atoms with van der Waals surface area (Å²) in [6.45, 7) is 2.54. The predicted molar refractivity (Wildman–Crippen MR) is 97.4 cm³/mol. The number of rotatable bonds is 7. The number of hydrogen-bond donors (Lipinski definition) is 2. The maximum Gasteiger partial charge on any atom is 0.350 e. The molecule has 0 bridgehead atoms. The second kappa shape index (κ2) is 7.51. The van der Waals surface area contributed by atoms with E-state index >= 15 is 0 Å². The summed E-state index contributed by atoms with van der Waals surface area (Å²) in [5, 5.41) is 0. The van der Waals surface area contributed by atoms with Crippen LogP contribution in [0.2, 0.25) is 0 Å². The Balaban J connectivity index is 1.79. The summed E-state index contributed by atoms with van der Waals surface area (Å²) >= 11 is 0. The van der Waals surface area contributed by atoms with Crippen molar-refractivity contribution >= 4 is 30.4 Å². The van der Waals surface area contributed by atoms with E-state index in [1.807, 2.05) is 43.1 Å². The third kappa shape index (κ3) is 4.25. The number of nitrogens with zero attached hydrogens (tertiary/aromatic N) is 5. The molecular weight excluding hydrogens is 357 g/mol. The van der Waals surface area contributed by atoms with Gasteiger partial charge >= 0.3 is 7.60 Å². The van der Waals surface area contributed by atoms with Crippen LogP contribution in [0, 0.1) is 6.92 Å². The van der Waals surface area contributed by atoms with Crippen LogP contribution in [0.4, 0.5) is 11.6 Å². The Morgan fingerprint density at radius 1 is 1.27 bits per heavy atom. The van der Waals surface area contributed by atoms with E-state index in [9.17, 15) is 4.57 Å². The van der Waals surface area contributed by atoms with Crippen LogP contribution in [-0.2, 0) is 15.8 Å². The highest BCUT2D eigenvalue weighted by molar-refractivity contribution is 7.51. The van der Waals surface area contributed by atoms with Crippen molar-refractivity contribution in [3.05, 3.63) is 42.4 Å². The van der Waals surface area contributed by atoms with E-state index in [-0.39, 0.29) is 6.61 Å². The van der Waals surface area contributed by atoms with Gasteiger partial charge in [-0.15, -0.1) is 0 Å². The van der Waals surface area contributed by atoms with Gasteiger partial charge < -0.3 is 24.0 Å². The summed E-state index contributed by atoms with van der Waals surface area (Å²) in [6, 6.07) is 7.95. The van der Waals surface area contributed by atoms with Gasteiger partial charge in [0.2, 0.25) is 5.95 Å². The molecule has 0 unspecified atom stereocenters. The van der Waals surface area contributed by atoms with Crippen LogP contribution in [0.15, 0.2) is 36.8 Å². The van der Waals surface area contributed by atoms with Crippen LogP contribution in [-0.4, -0.2) is 49.3 Å². The molecular formula is C16H20N5O4P. The van der Waals surface area contributed by atoms with Crippen molar-refractivity contribution in [2.24, 2.45) is 0 Å². The van der Waals surface area contributed by atoms with E-state index in [1.165, 1.54) is 0 Å². The van der Waals surface area contributed by atoms with Crippen molar-refractivity contribution in [2.75, 3.05) is 24.9 Å². The molecule has 2 N–H and O–H groups in total. The van der Waals surface area contributed by atoms with Gasteiger partial charge in [-0.3, -0.25) is 4.57 Å². The number of hydrogen-bond acceptors (Lipinski definition) is 6. The molecule has 0 aliphatic carbocycles. The fourth-order valence-corrected chi connectivity index (χ4v) is 2.93. The lowest BCUT2D eigenvalue weighted by molar-refractivity contribution is 0.149. The molecule has 2 aromatic heterocycles. The smallest absolute Gasteiger partial charge is 0.350 e. The van der Waals surface area contributed by atoms with Gasteiger partial charge in [-0.1, -0.05) is 18.2 Å². The number of imidazole rings is 1. The Morgan fingerprint density at radius 2 is 2.04 bits per heavy atom. The van der Waals surface area contributed by atoms with Crippen LogP contribution >= 0.6 is 7.60 Å². The number of anilines is 2. The molecule has 0 amide bonds. The van der Waals surface area contributed by atoms with Crippen LogP contribution in [0.5, 0.6) is 0 Å². The number of benzene rings is 1. The molecule has 0 radical (unpaired) electrons. The standard InChI is InChI=1S/C16H20N5O4P/c1-12-5-3-4-6-14(12)20(2)16-17-9-13-15(19-16)21(10-18-13)7-8-25-11-26(22,23)24/h3-6,9-10H,7-8,11H2,1-2H3,(H2,22,23,24). The van der Waals surface area contributed by atoms with Gasteiger partial charge in [0.15, 0.2) is 5.65 Å². The molecule has 10 heteroatoms. The Kier molecular flexibility index (Phi) is 5.33. The monoisotopic (exact) mass is 377 g/mol. The zero-order valence-corrected chi connectivity index (χ0v) is 15.4. The van der Waals surface area contributed by atoms with Crippen molar-refractivity contribution < 1.29 is 19.1 Å². The summed E-state index contributed by atoms with van der Waals surface area (Å²) in [5.41, 5.74) is 3.39. The summed E-state index contributed by atoms with van der Waals surface area (Å²) in [7, 11) is -2.26. The molecule has 0 saturated carbocycles. The van der Waals surface area contributed by atoms with E-state index in [2.05, 4.69) is 15.0 Å². The SMILES string of the molecule is Cc1ccccc1N(C)c1ncc2ncn(CCOCP(=O)(O)O)c2n1. The first-order valence-electron chi connectivity index (χ1n) is 7.95. The van der Waals surface area contributed by atoms with Gasteiger partial charge in [0.25, 0.3) is 0 Å². The fraction of sp³-hybridized carbons (Fsp3) is 0.312. The molecule has 0 spiro atoms. The van der Waals surface area contributed by atoms with Crippen molar-refractivity contribution in [3.8, 4) is 0 Å². The van der Waals surface area contributed by atoms with Crippen molar-refractivity contribution in [1.29, 1.82) is 0 Å². The van der Waals surface area contributed by atoms with Crippen molar-refractivity contribution in [2.45, 2.75) is 13.5 Å². The molecule has 3 rings (SSSR count). The normalized spacial score (nSPS) is 11.8. The van der Waals surface area contributed by atoms with E-state index < -0.39 is 13.9 Å². The highest BCUT2D eigenvalue weighted by Crippen LogP contribution is 2.33. The summed E-state index contributed by atoms with van der Waals surface area (Å²) < 4.78 is 17.6. The average molecular weight is 377 g/mol. The molecule has 0 saturated heterocycles. The third-order valence-corrected chi connectivity index (χ3v) is 4.38. The van der Waals surface area contributed by atoms with E-state index in [1.54, 1.807) is 17.1 Å². The molecule has 0 atom stereocenters. The Labute approximate surface area is 150 Å². The average Bonchev–Trinajstić information content (AvgIpc) is 3.00. The minimum atomic E-state index is -4.16. The molecule has 9 nitrogen and oxygen atoms in total. The number of para-hydroxylation sites is 1. The summed E-state index contributed by atoms with van der Waals surface area (Å²) in [4.78, 5) is 32.7. The van der Waals surface area contributed by atoms with Gasteiger partial charge in [-0.2, -0.15) is 4.98 Å². The molecule has 1 aromatic carbocycles. The number of aromatic nitrogens is 4. The number of aryl methyl sites for hydroxylation is 1. The van der Waals surface area contributed by atoms with Gasteiger partial charge in [0, 0.05) is 19.3 Å². The molecule has 26 heavy (non-hydrogen) atoms. The zero-order chi connectivity index (χ0) is 18.7. The molecule has 3 aromatic rings. The highest BCUT2D eigenvalue weighted by atomic mass is 31.2. The Morgan fingerprint density at radius 3 is 2.77 bits per heavy atom. The molecule has 0 aliphatic rings. The van der Waals surface area contributed by atoms with Crippen LogP contribution < -0.4 is 4.90 Å². The fourth-order valence-electron chi connectivity index (χ4n) is 2.57. The molecule has 0 aliphatic heterocycles. The minimum absolute atomic E-state index is 0.142. The third-order valence-electron chi connectivity index (χ3n) is 3.86.